The minimum Gasteiger partial charge on any atom is -0.316 e. The average Bonchev–Trinajstić information content (AvgIpc) is 2.29. The van der Waals surface area contributed by atoms with Gasteiger partial charge in [-0.25, -0.2) is 4.98 Å². The van der Waals surface area contributed by atoms with E-state index in [0.29, 0.717) is 11.1 Å². The smallest absolute Gasteiger partial charge is 0.129 e. The van der Waals surface area contributed by atoms with Crippen LogP contribution in [-0.2, 0) is 0 Å². The van der Waals surface area contributed by atoms with Gasteiger partial charge >= 0.3 is 0 Å². The maximum atomic E-state index is 5.83. The van der Waals surface area contributed by atoms with Gasteiger partial charge in [0.1, 0.15) is 5.15 Å². The molecule has 1 aliphatic carbocycles. The van der Waals surface area contributed by atoms with Crippen LogP contribution in [0.4, 0.5) is 0 Å². The Morgan fingerprint density at radius 1 is 1.12 bits per heavy atom. The number of nitrogens with one attached hydrogen (secondary N) is 1. The first-order valence-electron chi connectivity index (χ1n) is 6.13. The molecule has 0 spiro atoms. The second kappa shape index (κ2) is 4.34. The standard InChI is InChI=1S/C13H17ClN2/c14-13-2-1-11(8-16-13)12-4-9-3-10(5-12)7-15-6-9/h1-2,8-10,12,15H,3-7H2. The highest BCUT2D eigenvalue weighted by Gasteiger charge is 2.32. The highest BCUT2D eigenvalue weighted by molar-refractivity contribution is 6.29. The molecule has 1 saturated heterocycles. The molecular weight excluding hydrogens is 220 g/mol. The topological polar surface area (TPSA) is 24.9 Å². The first kappa shape index (κ1) is 10.5. The highest BCUT2D eigenvalue weighted by Crippen LogP contribution is 2.40. The number of halogens is 1. The molecule has 2 bridgehead atoms. The van der Waals surface area contributed by atoms with Crippen molar-refractivity contribution in [1.82, 2.24) is 10.3 Å². The third-order valence-electron chi connectivity index (χ3n) is 3.99. The molecular formula is C13H17ClN2. The minimum atomic E-state index is 0.599. The van der Waals surface area contributed by atoms with Gasteiger partial charge in [0.2, 0.25) is 0 Å². The lowest BCUT2D eigenvalue weighted by atomic mass is 9.71. The first-order chi connectivity index (χ1) is 7.81. The molecule has 2 aliphatic rings. The first-order valence-corrected chi connectivity index (χ1v) is 6.51. The lowest BCUT2D eigenvalue weighted by Gasteiger charge is -2.39. The summed E-state index contributed by atoms with van der Waals surface area (Å²) in [7, 11) is 0. The van der Waals surface area contributed by atoms with Crippen LogP contribution in [0.2, 0.25) is 5.15 Å². The fourth-order valence-electron chi connectivity index (χ4n) is 3.29. The molecule has 3 rings (SSSR count). The van der Waals surface area contributed by atoms with E-state index in [-0.39, 0.29) is 0 Å². The van der Waals surface area contributed by atoms with Crippen LogP contribution < -0.4 is 5.32 Å². The Labute approximate surface area is 101 Å². The largest absolute Gasteiger partial charge is 0.316 e. The van der Waals surface area contributed by atoms with Crippen molar-refractivity contribution >= 4 is 11.6 Å². The number of aromatic nitrogens is 1. The van der Waals surface area contributed by atoms with Gasteiger partial charge in [-0.15, -0.1) is 0 Å². The summed E-state index contributed by atoms with van der Waals surface area (Å²) < 4.78 is 0. The fraction of sp³-hybridized carbons (Fsp3) is 0.615. The second-order valence-corrected chi connectivity index (χ2v) is 5.60. The molecule has 2 atom stereocenters. The molecule has 2 heterocycles. The van der Waals surface area contributed by atoms with Crippen molar-refractivity contribution in [3.63, 3.8) is 0 Å². The molecule has 1 saturated carbocycles. The van der Waals surface area contributed by atoms with Crippen LogP contribution in [0.25, 0.3) is 0 Å². The van der Waals surface area contributed by atoms with Gasteiger partial charge in [-0.2, -0.15) is 0 Å². The van der Waals surface area contributed by atoms with Crippen LogP contribution in [0.5, 0.6) is 0 Å². The van der Waals surface area contributed by atoms with E-state index in [0.717, 1.165) is 11.8 Å². The van der Waals surface area contributed by atoms with Gasteiger partial charge in [-0.1, -0.05) is 17.7 Å². The zero-order valence-corrected chi connectivity index (χ0v) is 10.1. The highest BCUT2D eigenvalue weighted by atomic mass is 35.5. The average molecular weight is 237 g/mol. The molecule has 0 amide bonds. The number of hydrogen-bond acceptors (Lipinski definition) is 2. The van der Waals surface area contributed by atoms with Crippen molar-refractivity contribution in [2.45, 2.75) is 25.2 Å². The van der Waals surface area contributed by atoms with E-state index < -0.39 is 0 Å². The number of hydrogen-bond donors (Lipinski definition) is 1. The van der Waals surface area contributed by atoms with Crippen molar-refractivity contribution < 1.29 is 0 Å². The van der Waals surface area contributed by atoms with Crippen LogP contribution in [0.3, 0.4) is 0 Å². The summed E-state index contributed by atoms with van der Waals surface area (Å²) in [6, 6.07) is 4.06. The number of pyridine rings is 1. The van der Waals surface area contributed by atoms with Gasteiger partial charge in [0, 0.05) is 6.20 Å². The van der Waals surface area contributed by atoms with Crippen molar-refractivity contribution in [2.75, 3.05) is 13.1 Å². The molecule has 86 valence electrons. The monoisotopic (exact) mass is 236 g/mol. The molecule has 2 fully saturated rings. The molecule has 2 nitrogen and oxygen atoms in total. The Morgan fingerprint density at radius 2 is 1.88 bits per heavy atom. The SMILES string of the molecule is Clc1ccc(C2CC3CNCC(C3)C2)cn1. The quantitative estimate of drug-likeness (QED) is 0.759. The Morgan fingerprint density at radius 3 is 2.50 bits per heavy atom. The summed E-state index contributed by atoms with van der Waals surface area (Å²) in [5.41, 5.74) is 1.38. The van der Waals surface area contributed by atoms with Crippen LogP contribution in [0.1, 0.15) is 30.7 Å². The lowest BCUT2D eigenvalue weighted by Crippen LogP contribution is -2.40. The van der Waals surface area contributed by atoms with E-state index in [1.54, 1.807) is 0 Å². The van der Waals surface area contributed by atoms with Gasteiger partial charge in [-0.05, 0) is 61.7 Å². The number of nitrogens with zero attached hydrogens (tertiary/aromatic N) is 1. The fourth-order valence-corrected chi connectivity index (χ4v) is 3.40. The van der Waals surface area contributed by atoms with Crippen LogP contribution in [0, 0.1) is 11.8 Å². The van der Waals surface area contributed by atoms with E-state index in [2.05, 4.69) is 16.4 Å². The molecule has 16 heavy (non-hydrogen) atoms. The minimum absolute atomic E-state index is 0.599. The Hall–Kier alpha value is -0.600. The Kier molecular flexibility index (Phi) is 2.86. The summed E-state index contributed by atoms with van der Waals surface area (Å²) >= 11 is 5.83. The lowest BCUT2D eigenvalue weighted by molar-refractivity contribution is 0.186. The summed E-state index contributed by atoms with van der Waals surface area (Å²) in [6.45, 7) is 2.40. The number of fused-ring (bicyclic) bond motifs is 2. The number of piperidine rings is 1. The summed E-state index contributed by atoms with van der Waals surface area (Å²) in [4.78, 5) is 4.20. The van der Waals surface area contributed by atoms with E-state index in [9.17, 15) is 0 Å². The van der Waals surface area contributed by atoms with Gasteiger partial charge in [0.25, 0.3) is 0 Å². The summed E-state index contributed by atoms with van der Waals surface area (Å²) in [5, 5.41) is 4.13. The molecule has 0 aromatic carbocycles. The molecule has 1 N–H and O–H groups in total. The maximum Gasteiger partial charge on any atom is 0.129 e. The zero-order valence-electron chi connectivity index (χ0n) is 9.32. The molecule has 1 aromatic rings. The Balaban J connectivity index is 1.77. The van der Waals surface area contributed by atoms with Gasteiger partial charge in [0.15, 0.2) is 0 Å². The predicted molar refractivity (Wildman–Crippen MR) is 65.7 cm³/mol. The van der Waals surface area contributed by atoms with Gasteiger partial charge in [-0.3, -0.25) is 0 Å². The summed E-state index contributed by atoms with van der Waals surface area (Å²) in [5.74, 6) is 2.44. The third-order valence-corrected chi connectivity index (χ3v) is 4.21. The molecule has 1 aliphatic heterocycles. The van der Waals surface area contributed by atoms with Crippen molar-refractivity contribution in [3.05, 3.63) is 29.0 Å². The van der Waals surface area contributed by atoms with Crippen molar-refractivity contribution in [3.8, 4) is 0 Å². The van der Waals surface area contributed by atoms with E-state index in [1.807, 2.05) is 12.3 Å². The van der Waals surface area contributed by atoms with Crippen molar-refractivity contribution in [1.29, 1.82) is 0 Å². The maximum absolute atomic E-state index is 5.83. The van der Waals surface area contributed by atoms with Crippen LogP contribution >= 0.6 is 11.6 Å². The zero-order chi connectivity index (χ0) is 11.0. The van der Waals surface area contributed by atoms with Gasteiger partial charge in [0.05, 0.1) is 0 Å². The van der Waals surface area contributed by atoms with Crippen LogP contribution in [0.15, 0.2) is 18.3 Å². The summed E-state index contributed by atoms with van der Waals surface area (Å²) in [6.07, 6.45) is 6.01. The predicted octanol–water partition coefficient (Wildman–Crippen LogP) is 2.84. The molecule has 1 aromatic heterocycles. The third kappa shape index (κ3) is 2.09. The van der Waals surface area contributed by atoms with Gasteiger partial charge < -0.3 is 5.32 Å². The number of rotatable bonds is 1. The second-order valence-electron chi connectivity index (χ2n) is 5.21. The van der Waals surface area contributed by atoms with Crippen LogP contribution in [-0.4, -0.2) is 18.1 Å². The molecule has 3 heteroatoms. The Bertz CT molecular complexity index is 351. The molecule has 0 radical (unpaired) electrons. The van der Waals surface area contributed by atoms with E-state index in [1.165, 1.54) is 37.9 Å². The molecule has 2 unspecified atom stereocenters. The van der Waals surface area contributed by atoms with E-state index >= 15 is 0 Å². The van der Waals surface area contributed by atoms with Crippen molar-refractivity contribution in [2.24, 2.45) is 11.8 Å². The van der Waals surface area contributed by atoms with E-state index in [4.69, 9.17) is 11.6 Å². The normalized spacial score (nSPS) is 33.7.